The van der Waals surface area contributed by atoms with Gasteiger partial charge in [0.15, 0.2) is 0 Å². The average molecular weight is 312 g/mol. The van der Waals surface area contributed by atoms with Gasteiger partial charge in [0, 0.05) is 11.3 Å². The number of nitrogens with zero attached hydrogens (tertiary/aromatic N) is 2. The lowest BCUT2D eigenvalue weighted by Gasteiger charge is -2.02. The van der Waals surface area contributed by atoms with Gasteiger partial charge in [0.25, 0.3) is 5.22 Å². The molecule has 3 aromatic rings. The minimum Gasteiger partial charge on any atom is -0.497 e. The molecular weight excluding hydrogens is 296 g/mol. The second-order valence-electron chi connectivity index (χ2n) is 4.83. The van der Waals surface area contributed by atoms with Crippen molar-refractivity contribution in [2.24, 2.45) is 0 Å². The molecule has 22 heavy (non-hydrogen) atoms. The Kier molecular flexibility index (Phi) is 4.44. The molecule has 5 heteroatoms. The Bertz CT molecular complexity index is 771. The summed E-state index contributed by atoms with van der Waals surface area (Å²) in [6.07, 6.45) is 0. The topological polar surface area (TPSA) is 48.2 Å². The molecule has 0 fully saturated rings. The summed E-state index contributed by atoms with van der Waals surface area (Å²) in [7, 11) is 1.67. The van der Waals surface area contributed by atoms with Crippen molar-refractivity contribution in [1.82, 2.24) is 10.2 Å². The largest absolute Gasteiger partial charge is 0.497 e. The van der Waals surface area contributed by atoms with Gasteiger partial charge < -0.3 is 9.15 Å². The Morgan fingerprint density at radius 2 is 1.95 bits per heavy atom. The summed E-state index contributed by atoms with van der Waals surface area (Å²) >= 11 is 1.52. The fourth-order valence-electron chi connectivity index (χ4n) is 2.10. The molecule has 0 aliphatic rings. The summed E-state index contributed by atoms with van der Waals surface area (Å²) < 4.78 is 11.0. The Balaban J connectivity index is 1.71. The minimum atomic E-state index is 0.561. The lowest BCUT2D eigenvalue weighted by molar-refractivity contribution is 0.414. The van der Waals surface area contributed by atoms with E-state index in [9.17, 15) is 0 Å². The number of aryl methyl sites for hydroxylation is 1. The van der Waals surface area contributed by atoms with Crippen molar-refractivity contribution in [3.8, 4) is 17.2 Å². The van der Waals surface area contributed by atoms with Crippen LogP contribution < -0.4 is 4.74 Å². The van der Waals surface area contributed by atoms with Gasteiger partial charge in [0.1, 0.15) is 5.75 Å². The predicted molar refractivity (Wildman–Crippen MR) is 87.0 cm³/mol. The highest BCUT2D eigenvalue weighted by atomic mass is 32.2. The van der Waals surface area contributed by atoms with Crippen molar-refractivity contribution in [3.63, 3.8) is 0 Å². The number of ether oxygens (including phenoxy) is 1. The minimum absolute atomic E-state index is 0.561. The van der Waals surface area contributed by atoms with Gasteiger partial charge in [-0.2, -0.15) is 0 Å². The number of methoxy groups -OCH3 is 1. The third kappa shape index (κ3) is 3.31. The first kappa shape index (κ1) is 14.7. The van der Waals surface area contributed by atoms with Crippen LogP contribution in [0.2, 0.25) is 0 Å². The standard InChI is InChI=1S/C17H16N2O2S/c1-12-6-3-4-9-15(12)16-18-19-17(21-16)22-11-13-7-5-8-14(10-13)20-2/h3-10H,11H2,1-2H3. The Morgan fingerprint density at radius 3 is 2.77 bits per heavy atom. The molecule has 3 rings (SSSR count). The molecule has 0 spiro atoms. The molecule has 0 aliphatic carbocycles. The lowest BCUT2D eigenvalue weighted by atomic mass is 10.1. The molecule has 0 atom stereocenters. The van der Waals surface area contributed by atoms with Gasteiger partial charge in [0.05, 0.1) is 7.11 Å². The smallest absolute Gasteiger partial charge is 0.277 e. The molecule has 0 bridgehead atoms. The molecule has 0 unspecified atom stereocenters. The van der Waals surface area contributed by atoms with Crippen LogP contribution in [0.3, 0.4) is 0 Å². The molecule has 0 N–H and O–H groups in total. The highest BCUT2D eigenvalue weighted by molar-refractivity contribution is 7.98. The van der Waals surface area contributed by atoms with Crippen LogP contribution in [0, 0.1) is 6.92 Å². The number of rotatable bonds is 5. The first-order chi connectivity index (χ1) is 10.8. The quantitative estimate of drug-likeness (QED) is 0.656. The fraction of sp³-hybridized carbons (Fsp3) is 0.176. The predicted octanol–water partition coefficient (Wildman–Crippen LogP) is 4.35. The third-order valence-electron chi connectivity index (χ3n) is 3.28. The summed E-state index contributed by atoms with van der Waals surface area (Å²) in [4.78, 5) is 0. The second-order valence-corrected chi connectivity index (χ2v) is 5.75. The molecule has 0 aliphatic heterocycles. The highest BCUT2D eigenvalue weighted by Gasteiger charge is 2.11. The molecule has 2 aromatic carbocycles. The van der Waals surface area contributed by atoms with Gasteiger partial charge >= 0.3 is 0 Å². The monoisotopic (exact) mass is 312 g/mol. The van der Waals surface area contributed by atoms with Crippen molar-refractivity contribution in [2.75, 3.05) is 7.11 Å². The van der Waals surface area contributed by atoms with Crippen LogP contribution in [-0.4, -0.2) is 17.3 Å². The molecule has 0 saturated carbocycles. The van der Waals surface area contributed by atoms with E-state index in [4.69, 9.17) is 9.15 Å². The lowest BCUT2D eigenvalue weighted by Crippen LogP contribution is -1.85. The molecule has 1 heterocycles. The van der Waals surface area contributed by atoms with Crippen LogP contribution in [0.1, 0.15) is 11.1 Å². The maximum absolute atomic E-state index is 5.74. The number of hydrogen-bond donors (Lipinski definition) is 0. The van der Waals surface area contributed by atoms with E-state index in [0.717, 1.165) is 28.2 Å². The SMILES string of the molecule is COc1cccc(CSc2nnc(-c3ccccc3C)o2)c1. The summed E-state index contributed by atoms with van der Waals surface area (Å²) in [6, 6.07) is 15.9. The van der Waals surface area contributed by atoms with Gasteiger partial charge in [-0.25, -0.2) is 0 Å². The summed E-state index contributed by atoms with van der Waals surface area (Å²) in [5.41, 5.74) is 3.25. The van der Waals surface area contributed by atoms with E-state index in [1.54, 1.807) is 7.11 Å². The third-order valence-corrected chi connectivity index (χ3v) is 4.17. The zero-order chi connectivity index (χ0) is 15.4. The Morgan fingerprint density at radius 1 is 1.09 bits per heavy atom. The fourth-order valence-corrected chi connectivity index (χ4v) is 2.80. The first-order valence-electron chi connectivity index (χ1n) is 6.91. The summed E-state index contributed by atoms with van der Waals surface area (Å²) in [5.74, 6) is 2.17. The molecule has 4 nitrogen and oxygen atoms in total. The first-order valence-corrected chi connectivity index (χ1v) is 7.90. The van der Waals surface area contributed by atoms with Crippen LogP contribution in [-0.2, 0) is 5.75 Å². The van der Waals surface area contributed by atoms with Crippen LogP contribution in [0.4, 0.5) is 0 Å². The molecule has 1 aromatic heterocycles. The molecule has 0 saturated heterocycles. The van der Waals surface area contributed by atoms with E-state index in [1.807, 2.05) is 55.5 Å². The van der Waals surface area contributed by atoms with E-state index in [1.165, 1.54) is 11.8 Å². The van der Waals surface area contributed by atoms with Gasteiger partial charge in [-0.1, -0.05) is 42.1 Å². The molecule has 112 valence electrons. The van der Waals surface area contributed by atoms with E-state index in [0.29, 0.717) is 11.1 Å². The van der Waals surface area contributed by atoms with Crippen molar-refractivity contribution in [3.05, 3.63) is 59.7 Å². The number of benzene rings is 2. The summed E-state index contributed by atoms with van der Waals surface area (Å²) in [5, 5.41) is 8.81. The van der Waals surface area contributed by atoms with Gasteiger partial charge in [-0.15, -0.1) is 10.2 Å². The number of thioether (sulfide) groups is 1. The zero-order valence-electron chi connectivity index (χ0n) is 12.4. The average Bonchev–Trinajstić information content (AvgIpc) is 3.02. The van der Waals surface area contributed by atoms with Crippen molar-refractivity contribution in [1.29, 1.82) is 0 Å². The second kappa shape index (κ2) is 6.66. The van der Waals surface area contributed by atoms with E-state index < -0.39 is 0 Å². The highest BCUT2D eigenvalue weighted by Crippen LogP contribution is 2.28. The maximum atomic E-state index is 5.74. The van der Waals surface area contributed by atoms with Crippen LogP contribution in [0.25, 0.3) is 11.5 Å². The van der Waals surface area contributed by atoms with Gasteiger partial charge in [-0.05, 0) is 36.2 Å². The number of hydrogen-bond acceptors (Lipinski definition) is 5. The van der Waals surface area contributed by atoms with Crippen molar-refractivity contribution >= 4 is 11.8 Å². The van der Waals surface area contributed by atoms with Crippen LogP contribution in [0.5, 0.6) is 5.75 Å². The Hall–Kier alpha value is -2.27. The van der Waals surface area contributed by atoms with Crippen LogP contribution in [0.15, 0.2) is 58.2 Å². The van der Waals surface area contributed by atoms with Crippen LogP contribution >= 0.6 is 11.8 Å². The molecule has 0 radical (unpaired) electrons. The normalized spacial score (nSPS) is 10.6. The van der Waals surface area contributed by atoms with Gasteiger partial charge in [-0.3, -0.25) is 0 Å². The van der Waals surface area contributed by atoms with E-state index in [2.05, 4.69) is 10.2 Å². The van der Waals surface area contributed by atoms with Crippen molar-refractivity contribution in [2.45, 2.75) is 17.9 Å². The molecular formula is C17H16N2O2S. The molecule has 0 amide bonds. The van der Waals surface area contributed by atoms with Gasteiger partial charge in [0.2, 0.25) is 5.89 Å². The summed E-state index contributed by atoms with van der Waals surface area (Å²) in [6.45, 7) is 2.03. The maximum Gasteiger partial charge on any atom is 0.277 e. The van der Waals surface area contributed by atoms with E-state index in [-0.39, 0.29) is 0 Å². The number of aromatic nitrogens is 2. The Labute approximate surface area is 133 Å². The van der Waals surface area contributed by atoms with E-state index >= 15 is 0 Å². The zero-order valence-corrected chi connectivity index (χ0v) is 13.3. The van der Waals surface area contributed by atoms with Crippen molar-refractivity contribution < 1.29 is 9.15 Å².